The van der Waals surface area contributed by atoms with Crippen LogP contribution in [0.2, 0.25) is 0 Å². The fourth-order valence-electron chi connectivity index (χ4n) is 3.24. The molecule has 0 spiro atoms. The second-order valence-corrected chi connectivity index (χ2v) is 8.99. The Hall–Kier alpha value is -2.69. The molecule has 1 N–H and O–H groups in total. The van der Waals surface area contributed by atoms with E-state index >= 15 is 0 Å². The summed E-state index contributed by atoms with van der Waals surface area (Å²) in [7, 11) is -2.83. The van der Waals surface area contributed by atoms with Crippen LogP contribution in [-0.2, 0) is 30.9 Å². The van der Waals surface area contributed by atoms with Crippen molar-refractivity contribution >= 4 is 22.0 Å². The molecule has 1 unspecified atom stereocenters. The number of aliphatic hydroxyl groups excluding tert-OH is 1. The van der Waals surface area contributed by atoms with E-state index in [1.165, 1.54) is 31.6 Å². The van der Waals surface area contributed by atoms with Crippen molar-refractivity contribution < 1.29 is 37.0 Å². The predicted molar refractivity (Wildman–Crippen MR) is 104 cm³/mol. The van der Waals surface area contributed by atoms with Crippen molar-refractivity contribution in [1.29, 1.82) is 0 Å². The summed E-state index contributed by atoms with van der Waals surface area (Å²) in [6, 6.07) is 4.97. The van der Waals surface area contributed by atoms with E-state index in [9.17, 15) is 23.1 Å². The Bertz CT molecular complexity index is 1060. The monoisotopic (exact) mass is 437 g/mol. The van der Waals surface area contributed by atoms with Crippen molar-refractivity contribution in [3.05, 3.63) is 53.0 Å². The number of furan rings is 1. The number of methoxy groups -OCH3 is 1. The molecule has 1 saturated heterocycles. The van der Waals surface area contributed by atoms with Crippen LogP contribution in [0.25, 0.3) is 0 Å². The van der Waals surface area contributed by atoms with Crippen LogP contribution in [0.1, 0.15) is 33.7 Å². The fourth-order valence-corrected chi connectivity index (χ4v) is 4.95. The standard InChI is InChI=1S/C20H23NO8S/c1-12-4-5-16(8-13(12)2)30(25,26)21-10-15(22)9-17(21)19(23)29-11-14-6-7-28-18(14)20(24)27-3/h4-8,15,17,22H,9-11H2,1-3H3/t15?,17-/m0/s1. The van der Waals surface area contributed by atoms with Crippen LogP contribution in [0, 0.1) is 13.8 Å². The maximum absolute atomic E-state index is 13.1. The lowest BCUT2D eigenvalue weighted by Gasteiger charge is -2.22. The highest BCUT2D eigenvalue weighted by Gasteiger charge is 2.44. The molecular weight excluding hydrogens is 414 g/mol. The van der Waals surface area contributed by atoms with Gasteiger partial charge in [-0.1, -0.05) is 6.07 Å². The number of aryl methyl sites for hydroxylation is 2. The molecule has 0 radical (unpaired) electrons. The Balaban J connectivity index is 1.79. The first-order valence-corrected chi connectivity index (χ1v) is 10.7. The van der Waals surface area contributed by atoms with E-state index in [-0.39, 0.29) is 35.8 Å². The molecule has 3 rings (SSSR count). The summed E-state index contributed by atoms with van der Waals surface area (Å²) in [5.41, 5.74) is 2.02. The first-order valence-electron chi connectivity index (χ1n) is 9.23. The SMILES string of the molecule is COC(=O)c1occc1COC(=O)[C@@H]1CC(O)CN1S(=O)(=O)c1ccc(C)c(C)c1. The maximum Gasteiger partial charge on any atom is 0.374 e. The Labute approximate surface area is 174 Å². The van der Waals surface area contributed by atoms with E-state index in [2.05, 4.69) is 4.74 Å². The minimum absolute atomic E-state index is 0.0420. The molecular formula is C20H23NO8S. The number of carbonyl (C=O) groups excluding carboxylic acids is 2. The number of benzene rings is 1. The number of esters is 2. The van der Waals surface area contributed by atoms with E-state index < -0.39 is 34.1 Å². The van der Waals surface area contributed by atoms with E-state index in [1.807, 2.05) is 6.92 Å². The lowest BCUT2D eigenvalue weighted by Crippen LogP contribution is -2.41. The van der Waals surface area contributed by atoms with Gasteiger partial charge in [-0.3, -0.25) is 4.79 Å². The first-order chi connectivity index (χ1) is 14.1. The van der Waals surface area contributed by atoms with Gasteiger partial charge in [0.2, 0.25) is 15.8 Å². The molecule has 2 atom stereocenters. The molecule has 1 fully saturated rings. The topological polar surface area (TPSA) is 123 Å². The number of ether oxygens (including phenoxy) is 2. The zero-order valence-electron chi connectivity index (χ0n) is 16.8. The van der Waals surface area contributed by atoms with E-state index in [4.69, 9.17) is 9.15 Å². The number of carbonyl (C=O) groups is 2. The van der Waals surface area contributed by atoms with Crippen LogP contribution in [-0.4, -0.2) is 55.6 Å². The molecule has 162 valence electrons. The fraction of sp³-hybridized carbons (Fsp3) is 0.400. The third-order valence-corrected chi connectivity index (χ3v) is 6.95. The van der Waals surface area contributed by atoms with Gasteiger partial charge in [0.1, 0.15) is 12.6 Å². The van der Waals surface area contributed by atoms with E-state index in [0.29, 0.717) is 0 Å². The van der Waals surface area contributed by atoms with Crippen LogP contribution in [0.5, 0.6) is 0 Å². The molecule has 30 heavy (non-hydrogen) atoms. The van der Waals surface area contributed by atoms with Gasteiger partial charge in [-0.05, 0) is 43.2 Å². The number of β-amino-alcohol motifs (C(OH)–C–C–N with tert-alkyl or cyclic N) is 1. The average molecular weight is 437 g/mol. The van der Waals surface area contributed by atoms with Crippen LogP contribution in [0.4, 0.5) is 0 Å². The summed E-state index contributed by atoms with van der Waals surface area (Å²) in [5, 5.41) is 10.0. The summed E-state index contributed by atoms with van der Waals surface area (Å²) < 4.78 is 42.0. The van der Waals surface area contributed by atoms with Crippen LogP contribution >= 0.6 is 0 Å². The molecule has 0 aliphatic carbocycles. The molecule has 0 bridgehead atoms. The molecule has 10 heteroatoms. The molecule has 9 nitrogen and oxygen atoms in total. The minimum Gasteiger partial charge on any atom is -0.463 e. The highest BCUT2D eigenvalue weighted by atomic mass is 32.2. The van der Waals surface area contributed by atoms with Crippen LogP contribution in [0.3, 0.4) is 0 Å². The summed E-state index contributed by atoms with van der Waals surface area (Å²) in [4.78, 5) is 24.4. The molecule has 1 aromatic heterocycles. The highest BCUT2D eigenvalue weighted by Crippen LogP contribution is 2.28. The Morgan fingerprint density at radius 3 is 2.63 bits per heavy atom. The Morgan fingerprint density at radius 2 is 1.97 bits per heavy atom. The number of aliphatic hydroxyl groups is 1. The molecule has 0 amide bonds. The molecule has 1 aliphatic rings. The number of hydrogen-bond donors (Lipinski definition) is 1. The van der Waals surface area contributed by atoms with Gasteiger partial charge in [0.15, 0.2) is 0 Å². The van der Waals surface area contributed by atoms with Crippen LogP contribution < -0.4 is 0 Å². The zero-order chi connectivity index (χ0) is 22.1. The molecule has 2 aromatic rings. The third-order valence-electron chi connectivity index (χ3n) is 5.08. The highest BCUT2D eigenvalue weighted by molar-refractivity contribution is 7.89. The van der Waals surface area contributed by atoms with E-state index in [0.717, 1.165) is 15.4 Å². The zero-order valence-corrected chi connectivity index (χ0v) is 17.6. The van der Waals surface area contributed by atoms with E-state index in [1.54, 1.807) is 13.0 Å². The number of sulfonamides is 1. The van der Waals surface area contributed by atoms with Crippen molar-refractivity contribution in [3.63, 3.8) is 0 Å². The van der Waals surface area contributed by atoms with Gasteiger partial charge in [0.25, 0.3) is 0 Å². The van der Waals surface area contributed by atoms with Gasteiger partial charge in [-0.15, -0.1) is 0 Å². The summed E-state index contributed by atoms with van der Waals surface area (Å²) in [6.07, 6.45) is 0.173. The quantitative estimate of drug-likeness (QED) is 0.675. The van der Waals surface area contributed by atoms with Gasteiger partial charge < -0.3 is 19.0 Å². The smallest absolute Gasteiger partial charge is 0.374 e. The van der Waals surface area contributed by atoms with Gasteiger partial charge in [0, 0.05) is 18.5 Å². The maximum atomic E-state index is 13.1. The van der Waals surface area contributed by atoms with Crippen molar-refractivity contribution in [2.75, 3.05) is 13.7 Å². The number of rotatable bonds is 6. The number of hydrogen-bond acceptors (Lipinski definition) is 8. The second kappa shape index (κ2) is 8.58. The summed E-state index contributed by atoms with van der Waals surface area (Å²) in [5.74, 6) is -1.64. The largest absolute Gasteiger partial charge is 0.463 e. The van der Waals surface area contributed by atoms with Gasteiger partial charge >= 0.3 is 11.9 Å². The third kappa shape index (κ3) is 4.25. The normalized spacial score (nSPS) is 19.6. The van der Waals surface area contributed by atoms with Crippen molar-refractivity contribution in [2.24, 2.45) is 0 Å². The lowest BCUT2D eigenvalue weighted by atomic mass is 10.1. The second-order valence-electron chi connectivity index (χ2n) is 7.10. The molecule has 0 saturated carbocycles. The van der Waals surface area contributed by atoms with Gasteiger partial charge in [-0.25, -0.2) is 13.2 Å². The lowest BCUT2D eigenvalue weighted by molar-refractivity contribution is -0.148. The Morgan fingerprint density at radius 1 is 1.23 bits per heavy atom. The van der Waals surface area contributed by atoms with Crippen molar-refractivity contribution in [3.8, 4) is 0 Å². The van der Waals surface area contributed by atoms with Crippen molar-refractivity contribution in [1.82, 2.24) is 4.31 Å². The molecule has 1 aromatic carbocycles. The summed E-state index contributed by atoms with van der Waals surface area (Å²) >= 11 is 0. The molecule has 1 aliphatic heterocycles. The van der Waals surface area contributed by atoms with Gasteiger partial charge in [-0.2, -0.15) is 4.31 Å². The van der Waals surface area contributed by atoms with Gasteiger partial charge in [0.05, 0.1) is 24.4 Å². The minimum atomic E-state index is -4.02. The molecule has 2 heterocycles. The average Bonchev–Trinajstić information content (AvgIpc) is 3.34. The van der Waals surface area contributed by atoms with Crippen molar-refractivity contribution in [2.45, 2.75) is 43.9 Å². The Kier molecular flexibility index (Phi) is 6.30. The van der Waals surface area contributed by atoms with Crippen LogP contribution in [0.15, 0.2) is 39.8 Å². The number of nitrogens with zero attached hydrogens (tertiary/aromatic N) is 1. The first kappa shape index (κ1) is 22.0. The predicted octanol–water partition coefficient (Wildman–Crippen LogP) is 1.55. The summed E-state index contributed by atoms with van der Waals surface area (Å²) in [6.45, 7) is 3.14.